The van der Waals surface area contributed by atoms with E-state index in [-0.39, 0.29) is 27.8 Å². The second-order valence-electron chi connectivity index (χ2n) is 3.79. The Morgan fingerprint density at radius 1 is 0.824 bits per heavy atom. The molecule has 0 aromatic rings. The smallest absolute Gasteiger partial charge is 0 e. The molecule has 0 amide bonds. The van der Waals surface area contributed by atoms with Crippen molar-refractivity contribution in [1.82, 2.24) is 0 Å². The van der Waals surface area contributed by atoms with Crippen molar-refractivity contribution in [1.29, 1.82) is 0 Å². The van der Waals surface area contributed by atoms with E-state index in [0.29, 0.717) is 0 Å². The first-order chi connectivity index (χ1) is 7.19. The van der Waals surface area contributed by atoms with Crippen LogP contribution in [0.5, 0.6) is 0 Å². The summed E-state index contributed by atoms with van der Waals surface area (Å²) in [5.41, 5.74) is 13.7. The fourth-order valence-electron chi connectivity index (χ4n) is 0. The van der Waals surface area contributed by atoms with Gasteiger partial charge in [-0.15, -0.1) is 5.54 Å². The minimum atomic E-state index is -0.583. The van der Waals surface area contributed by atoms with Gasteiger partial charge in [-0.2, -0.15) is 48.3 Å². The Morgan fingerprint density at radius 2 is 0.882 bits per heavy atom. The molecule has 0 aromatic heterocycles. The van der Waals surface area contributed by atoms with E-state index < -0.39 is 5.54 Å². The largest absolute Gasteiger partial charge is 0.676 e. The van der Waals surface area contributed by atoms with E-state index in [0.717, 1.165) is 0 Å². The van der Waals surface area contributed by atoms with E-state index in [1.807, 2.05) is 0 Å². The molecule has 108 valence electrons. The van der Waals surface area contributed by atoms with Crippen molar-refractivity contribution in [2.24, 2.45) is 0 Å². The molecule has 0 aliphatic carbocycles. The maximum absolute atomic E-state index is 7.20. The molecule has 5 nitrogen and oxygen atoms in total. The fraction of sp³-hybridized carbons (Fsp3) is 1.00. The normalized spacial score (nSPS) is 10.1. The van der Waals surface area contributed by atoms with Crippen molar-refractivity contribution in [2.45, 2.75) is 32.4 Å². The van der Waals surface area contributed by atoms with Gasteiger partial charge < -0.3 is 27.4 Å². The number of nitrogens with zero attached hydrogens (tertiary/aromatic N) is 3. The summed E-state index contributed by atoms with van der Waals surface area (Å²) >= 11 is 0. The van der Waals surface area contributed by atoms with Crippen LogP contribution in [-0.4, -0.2) is 53.9 Å². The molecule has 0 spiro atoms. The van der Waals surface area contributed by atoms with Crippen molar-refractivity contribution in [3.63, 3.8) is 0 Å². The molecule has 6 heteroatoms. The summed E-state index contributed by atoms with van der Waals surface area (Å²) in [6, 6.07) is -0.285. The van der Waals surface area contributed by atoms with Gasteiger partial charge in [0.05, 0.1) is 0 Å². The van der Waals surface area contributed by atoms with Crippen molar-refractivity contribution in [3.8, 4) is 0 Å². The van der Waals surface area contributed by atoms with Crippen LogP contribution in [0.4, 0.5) is 0 Å². The topological polar surface area (TPSA) is 89.9 Å². The molecule has 0 heterocycles. The van der Waals surface area contributed by atoms with Gasteiger partial charge in [-0.1, -0.05) is 20.8 Å². The van der Waals surface area contributed by atoms with Crippen LogP contribution in [0.1, 0.15) is 20.8 Å². The van der Waals surface area contributed by atoms with Crippen LogP contribution in [0.15, 0.2) is 0 Å². The van der Waals surface area contributed by atoms with Crippen LogP contribution in [0.2, 0.25) is 0 Å². The number of hydrogen-bond acceptors (Lipinski definition) is 0. The summed E-state index contributed by atoms with van der Waals surface area (Å²) in [6.07, 6.45) is 0. The molecule has 1 unspecified atom stereocenters. The van der Waals surface area contributed by atoms with Gasteiger partial charge in [0.2, 0.25) is 0 Å². The first-order valence-corrected chi connectivity index (χ1v) is 5.09. The van der Waals surface area contributed by atoms with Gasteiger partial charge in [-0.05, 0) is 0 Å². The summed E-state index contributed by atoms with van der Waals surface area (Å²) in [7, 11) is 10.5. The Morgan fingerprint density at radius 3 is 0.882 bits per heavy atom. The van der Waals surface area contributed by atoms with E-state index in [2.05, 4.69) is 16.0 Å². The minimum absolute atomic E-state index is 0. The fourth-order valence-corrected chi connectivity index (χ4v) is 0. The molecule has 2 N–H and O–H groups in total. The Hall–Kier alpha value is 0.514. The zero-order valence-electron chi connectivity index (χ0n) is 12.9. The Bertz CT molecular complexity index is 89.6. The molecule has 0 radical (unpaired) electrons. The third kappa shape index (κ3) is 82.0. The third-order valence-corrected chi connectivity index (χ3v) is 1.08. The van der Waals surface area contributed by atoms with E-state index in [9.17, 15) is 0 Å². The quantitative estimate of drug-likeness (QED) is 0.647. The summed E-state index contributed by atoms with van der Waals surface area (Å²) < 4.78 is 0. The van der Waals surface area contributed by atoms with Crippen molar-refractivity contribution < 1.29 is 21.7 Å². The molecular formula is C11H30N5Ti-5. The summed E-state index contributed by atoms with van der Waals surface area (Å²) in [5, 5.41) is 10.5. The first-order valence-electron chi connectivity index (χ1n) is 5.09. The monoisotopic (exact) mass is 280 g/mol. The Balaban J connectivity index is -0.0000000411. The predicted molar refractivity (Wildman–Crippen MR) is 77.8 cm³/mol. The summed E-state index contributed by atoms with van der Waals surface area (Å²) in [5.74, 6) is 0. The minimum Gasteiger partial charge on any atom is -0.676 e. The Kier molecular flexibility index (Phi) is 45.5. The van der Waals surface area contributed by atoms with E-state index in [1.54, 1.807) is 63.1 Å². The van der Waals surface area contributed by atoms with Gasteiger partial charge in [0.1, 0.15) is 0 Å². The standard InChI is InChI=1S/C5H12N2.3C2H6N.Ti/c1-4(6)5(2,3)7;3*1-3-2;/h4,6-7H,1-3H3;3*1-2H3;/q-2;3*-1;. The molecule has 0 aliphatic rings. The second-order valence-corrected chi connectivity index (χ2v) is 3.79. The number of nitrogens with one attached hydrogen (secondary N) is 2. The van der Waals surface area contributed by atoms with Crippen molar-refractivity contribution in [3.05, 3.63) is 27.4 Å². The Labute approximate surface area is 124 Å². The molecule has 0 rings (SSSR count). The zero-order chi connectivity index (χ0) is 14.2. The van der Waals surface area contributed by atoms with Crippen LogP contribution in [-0.2, 0) is 21.7 Å². The number of hydrogen-bond donors (Lipinski definition) is 0. The molecule has 0 bridgehead atoms. The average Bonchev–Trinajstić information content (AvgIpc) is 2.06. The molecule has 0 fully saturated rings. The maximum Gasteiger partial charge on any atom is 0 e. The molecule has 0 saturated carbocycles. The maximum atomic E-state index is 7.20. The van der Waals surface area contributed by atoms with E-state index in [4.69, 9.17) is 11.5 Å². The van der Waals surface area contributed by atoms with E-state index in [1.165, 1.54) is 0 Å². The van der Waals surface area contributed by atoms with Crippen LogP contribution in [0.25, 0.3) is 27.4 Å². The van der Waals surface area contributed by atoms with Gasteiger partial charge in [-0.3, -0.25) is 0 Å². The predicted octanol–water partition coefficient (Wildman–Crippen LogP) is 4.11. The van der Waals surface area contributed by atoms with Crippen LogP contribution in [0.3, 0.4) is 0 Å². The zero-order valence-corrected chi connectivity index (χ0v) is 14.5. The average molecular weight is 280 g/mol. The second kappa shape index (κ2) is 25.4. The number of rotatable bonds is 1. The van der Waals surface area contributed by atoms with E-state index >= 15 is 0 Å². The van der Waals surface area contributed by atoms with Gasteiger partial charge >= 0.3 is 0 Å². The third-order valence-electron chi connectivity index (χ3n) is 1.08. The molecule has 17 heavy (non-hydrogen) atoms. The van der Waals surface area contributed by atoms with Crippen LogP contribution < -0.4 is 0 Å². The van der Waals surface area contributed by atoms with Gasteiger partial charge in [-0.25, -0.2) is 0 Å². The van der Waals surface area contributed by atoms with Crippen LogP contribution >= 0.6 is 0 Å². The molecule has 0 aliphatic heterocycles. The van der Waals surface area contributed by atoms with Gasteiger partial charge in [0, 0.05) is 21.7 Å². The van der Waals surface area contributed by atoms with Gasteiger partial charge in [0.15, 0.2) is 0 Å². The molecular weight excluding hydrogens is 250 g/mol. The van der Waals surface area contributed by atoms with Crippen molar-refractivity contribution >= 4 is 0 Å². The SMILES string of the molecule is CC([NH-])C(C)(C)[NH-].C[N-]C.C[N-]C.C[N-]C.[Ti]. The summed E-state index contributed by atoms with van der Waals surface area (Å²) in [4.78, 5) is 0. The molecule has 0 aromatic carbocycles. The molecule has 0 saturated heterocycles. The van der Waals surface area contributed by atoms with Crippen LogP contribution in [0, 0.1) is 0 Å². The van der Waals surface area contributed by atoms with Crippen molar-refractivity contribution in [2.75, 3.05) is 42.3 Å². The van der Waals surface area contributed by atoms with Gasteiger partial charge in [0.25, 0.3) is 0 Å². The summed E-state index contributed by atoms with van der Waals surface area (Å²) in [6.45, 7) is 5.21. The molecule has 1 atom stereocenters. The first kappa shape index (κ1) is 30.5.